The minimum absolute atomic E-state index is 0.911. The molecule has 0 fully saturated rings. The third kappa shape index (κ3) is 3.16. The second-order valence-corrected chi connectivity index (χ2v) is 12.2. The first kappa shape index (κ1) is 23.1. The Hall–Kier alpha value is -5.45. The molecule has 10 rings (SSSR count). The van der Waals surface area contributed by atoms with E-state index in [1.807, 2.05) is 17.4 Å². The van der Waals surface area contributed by atoms with Gasteiger partial charge >= 0.3 is 0 Å². The highest BCUT2D eigenvalue weighted by Crippen LogP contribution is 2.44. The zero-order valence-electron chi connectivity index (χ0n) is 22.9. The van der Waals surface area contributed by atoms with Gasteiger partial charge in [0, 0.05) is 48.3 Å². The standard InChI is InChI=1S/C39H22N2OS/c1-5-13-31-29(11-1)35(39-36(40-31)30-12-4-8-16-34(30)43-39)23-17-19-24(20-18-23)41-32-14-6-2-9-25(32)27-21-22-28-26-10-3-7-15-33(26)42-38(28)37(27)41/h1-22H. The number of pyridine rings is 1. The molecule has 0 amide bonds. The number of hydrogen-bond acceptors (Lipinski definition) is 3. The van der Waals surface area contributed by atoms with Gasteiger partial charge in [0.2, 0.25) is 0 Å². The first-order chi connectivity index (χ1) is 21.3. The number of fused-ring (bicyclic) bond motifs is 11. The van der Waals surface area contributed by atoms with Crippen molar-refractivity contribution in [2.45, 2.75) is 0 Å². The van der Waals surface area contributed by atoms with Crippen molar-refractivity contribution >= 4 is 86.3 Å². The zero-order valence-corrected chi connectivity index (χ0v) is 23.7. The lowest BCUT2D eigenvalue weighted by atomic mass is 9.99. The maximum atomic E-state index is 6.55. The van der Waals surface area contributed by atoms with Gasteiger partial charge in [-0.1, -0.05) is 91.0 Å². The van der Waals surface area contributed by atoms with Gasteiger partial charge in [-0.25, -0.2) is 4.98 Å². The van der Waals surface area contributed by atoms with Crippen LogP contribution in [0.4, 0.5) is 0 Å². The lowest BCUT2D eigenvalue weighted by Crippen LogP contribution is -1.94. The molecule has 4 heteroatoms. The average molecular weight is 567 g/mol. The van der Waals surface area contributed by atoms with Crippen molar-refractivity contribution in [3.63, 3.8) is 0 Å². The Morgan fingerprint density at radius 3 is 2.14 bits per heavy atom. The van der Waals surface area contributed by atoms with Crippen LogP contribution in [0.2, 0.25) is 0 Å². The fraction of sp³-hybridized carbons (Fsp3) is 0. The van der Waals surface area contributed by atoms with Gasteiger partial charge < -0.3 is 8.98 Å². The largest absolute Gasteiger partial charge is 0.454 e. The first-order valence-corrected chi connectivity index (χ1v) is 15.3. The Bertz CT molecular complexity index is 2730. The topological polar surface area (TPSA) is 31.0 Å². The normalized spacial score (nSPS) is 12.2. The quantitative estimate of drug-likeness (QED) is 0.208. The summed E-state index contributed by atoms with van der Waals surface area (Å²) >= 11 is 1.83. The van der Waals surface area contributed by atoms with E-state index < -0.39 is 0 Å². The Balaban J connectivity index is 1.26. The molecule has 0 spiro atoms. The van der Waals surface area contributed by atoms with E-state index >= 15 is 0 Å². The van der Waals surface area contributed by atoms with Crippen LogP contribution in [0.1, 0.15) is 0 Å². The van der Waals surface area contributed by atoms with Crippen molar-refractivity contribution in [2.75, 3.05) is 0 Å². The predicted octanol–water partition coefficient (Wildman–Crippen LogP) is 11.3. The molecule has 0 atom stereocenters. The zero-order chi connectivity index (χ0) is 28.1. The van der Waals surface area contributed by atoms with Crippen LogP contribution < -0.4 is 0 Å². The molecule has 3 nitrogen and oxygen atoms in total. The average Bonchev–Trinajstić information content (AvgIpc) is 3.73. The van der Waals surface area contributed by atoms with Crippen LogP contribution >= 0.6 is 11.3 Å². The molecule has 4 heterocycles. The van der Waals surface area contributed by atoms with Gasteiger partial charge in [0.1, 0.15) is 5.58 Å². The van der Waals surface area contributed by atoms with Crippen molar-refractivity contribution in [1.29, 1.82) is 0 Å². The van der Waals surface area contributed by atoms with Crippen LogP contribution in [0.25, 0.3) is 91.8 Å². The summed E-state index contributed by atoms with van der Waals surface area (Å²) < 4.78 is 11.4. The molecule has 0 unspecified atom stereocenters. The van der Waals surface area contributed by atoms with Crippen molar-refractivity contribution in [2.24, 2.45) is 0 Å². The highest BCUT2D eigenvalue weighted by molar-refractivity contribution is 7.26. The fourth-order valence-electron chi connectivity index (χ4n) is 6.90. The van der Waals surface area contributed by atoms with Gasteiger partial charge in [-0.3, -0.25) is 0 Å². The smallest absolute Gasteiger partial charge is 0.160 e. The highest BCUT2D eigenvalue weighted by atomic mass is 32.1. The minimum Gasteiger partial charge on any atom is -0.454 e. The molecule has 0 aliphatic carbocycles. The third-order valence-corrected chi connectivity index (χ3v) is 9.97. The van der Waals surface area contributed by atoms with Gasteiger partial charge in [-0.05, 0) is 48.0 Å². The van der Waals surface area contributed by atoms with E-state index in [0.29, 0.717) is 0 Å². The highest BCUT2D eigenvalue weighted by Gasteiger charge is 2.20. The Morgan fingerprint density at radius 1 is 0.558 bits per heavy atom. The molecule has 0 aliphatic rings. The molecule has 0 bridgehead atoms. The van der Waals surface area contributed by atoms with Crippen molar-refractivity contribution in [1.82, 2.24) is 9.55 Å². The monoisotopic (exact) mass is 566 g/mol. The fourth-order valence-corrected chi connectivity index (χ4v) is 8.12. The maximum absolute atomic E-state index is 6.55. The molecule has 0 saturated heterocycles. The number of nitrogens with zero attached hydrogens (tertiary/aromatic N) is 2. The number of aromatic nitrogens is 2. The lowest BCUT2D eigenvalue weighted by molar-refractivity contribution is 0.671. The molecule has 43 heavy (non-hydrogen) atoms. The summed E-state index contributed by atoms with van der Waals surface area (Å²) in [6, 6.07) is 47.5. The number of thiophene rings is 1. The van der Waals surface area contributed by atoms with Crippen LogP contribution in [0, 0.1) is 0 Å². The van der Waals surface area contributed by atoms with Gasteiger partial charge in [-0.15, -0.1) is 11.3 Å². The van der Waals surface area contributed by atoms with Crippen LogP contribution in [0.5, 0.6) is 0 Å². The predicted molar refractivity (Wildman–Crippen MR) is 182 cm³/mol. The Morgan fingerprint density at radius 2 is 1.26 bits per heavy atom. The molecule has 0 saturated carbocycles. The van der Waals surface area contributed by atoms with E-state index in [2.05, 4.69) is 132 Å². The van der Waals surface area contributed by atoms with Gasteiger partial charge in [0.25, 0.3) is 0 Å². The summed E-state index contributed by atoms with van der Waals surface area (Å²) in [5.41, 5.74) is 9.74. The lowest BCUT2D eigenvalue weighted by Gasteiger charge is -2.12. The molecule has 0 N–H and O–H groups in total. The Kier molecular flexibility index (Phi) is 4.60. The van der Waals surface area contributed by atoms with E-state index in [0.717, 1.165) is 44.2 Å². The summed E-state index contributed by atoms with van der Waals surface area (Å²) in [6.07, 6.45) is 0. The third-order valence-electron chi connectivity index (χ3n) is 8.80. The molecule has 200 valence electrons. The number of benzene rings is 6. The van der Waals surface area contributed by atoms with Gasteiger partial charge in [0.15, 0.2) is 5.58 Å². The molecule has 0 radical (unpaired) electrons. The van der Waals surface area contributed by atoms with E-state index in [1.54, 1.807) is 0 Å². The number of hydrogen-bond donors (Lipinski definition) is 0. The van der Waals surface area contributed by atoms with Gasteiger partial charge in [0.05, 0.1) is 26.8 Å². The molecular weight excluding hydrogens is 545 g/mol. The Labute approximate surface area is 249 Å². The second-order valence-electron chi connectivity index (χ2n) is 11.1. The number of furan rings is 1. The molecule has 6 aromatic carbocycles. The van der Waals surface area contributed by atoms with E-state index in [9.17, 15) is 0 Å². The number of rotatable bonds is 2. The minimum atomic E-state index is 0.911. The van der Waals surface area contributed by atoms with Crippen LogP contribution in [-0.4, -0.2) is 9.55 Å². The van der Waals surface area contributed by atoms with Crippen LogP contribution in [-0.2, 0) is 0 Å². The number of para-hydroxylation sites is 3. The summed E-state index contributed by atoms with van der Waals surface area (Å²) in [7, 11) is 0. The van der Waals surface area contributed by atoms with Crippen LogP contribution in [0.15, 0.2) is 138 Å². The SMILES string of the molecule is c1ccc2c(-c3ccc(-n4c5ccccc5c5ccc6c7ccccc7oc6c54)cc3)c3sc4ccccc4c3nc2c1. The van der Waals surface area contributed by atoms with E-state index in [-0.39, 0.29) is 0 Å². The van der Waals surface area contributed by atoms with Crippen molar-refractivity contribution < 1.29 is 4.42 Å². The molecule has 4 aromatic heterocycles. The van der Waals surface area contributed by atoms with Crippen molar-refractivity contribution in [3.8, 4) is 16.8 Å². The second kappa shape index (κ2) is 8.54. The first-order valence-electron chi connectivity index (χ1n) is 14.5. The molecule has 0 aliphatic heterocycles. The van der Waals surface area contributed by atoms with Gasteiger partial charge in [-0.2, -0.15) is 0 Å². The van der Waals surface area contributed by atoms with E-state index in [1.165, 1.54) is 47.6 Å². The van der Waals surface area contributed by atoms with E-state index in [4.69, 9.17) is 9.40 Å². The summed E-state index contributed by atoms with van der Waals surface area (Å²) in [5, 5.41) is 7.08. The molecular formula is C39H22N2OS. The summed E-state index contributed by atoms with van der Waals surface area (Å²) in [4.78, 5) is 5.12. The summed E-state index contributed by atoms with van der Waals surface area (Å²) in [5.74, 6) is 0. The van der Waals surface area contributed by atoms with Crippen molar-refractivity contribution in [3.05, 3.63) is 133 Å². The molecule has 10 aromatic rings. The van der Waals surface area contributed by atoms with Crippen LogP contribution in [0.3, 0.4) is 0 Å². The maximum Gasteiger partial charge on any atom is 0.160 e. The summed E-state index contributed by atoms with van der Waals surface area (Å²) in [6.45, 7) is 0.